The SMILES string of the molecule is CCCc1cc(C)c(-c2cc3cnc(Cl)cc3n(C)c2=O)c(C)n1. The Morgan fingerprint density at radius 3 is 2.62 bits per heavy atom. The van der Waals surface area contributed by atoms with Crippen LogP contribution in [0.25, 0.3) is 22.0 Å². The van der Waals surface area contributed by atoms with E-state index in [9.17, 15) is 4.79 Å². The molecule has 3 rings (SSSR count). The third-order valence-electron chi connectivity index (χ3n) is 4.30. The smallest absolute Gasteiger partial charge is 0.258 e. The van der Waals surface area contributed by atoms with Crippen molar-refractivity contribution >= 4 is 22.5 Å². The van der Waals surface area contributed by atoms with E-state index in [0.717, 1.165) is 46.3 Å². The molecule has 0 saturated heterocycles. The number of pyridine rings is 3. The minimum absolute atomic E-state index is 0.0546. The monoisotopic (exact) mass is 341 g/mol. The second-order valence-electron chi connectivity index (χ2n) is 6.13. The Labute approximate surface area is 146 Å². The van der Waals surface area contributed by atoms with Gasteiger partial charge in [0.2, 0.25) is 0 Å². The van der Waals surface area contributed by atoms with Gasteiger partial charge in [0.1, 0.15) is 5.15 Å². The third kappa shape index (κ3) is 2.82. The molecule has 0 radical (unpaired) electrons. The first-order valence-corrected chi connectivity index (χ1v) is 8.43. The van der Waals surface area contributed by atoms with Crippen LogP contribution in [-0.2, 0) is 13.5 Å². The summed E-state index contributed by atoms with van der Waals surface area (Å²) in [4.78, 5) is 21.7. The van der Waals surface area contributed by atoms with Crippen molar-refractivity contribution in [2.45, 2.75) is 33.6 Å². The van der Waals surface area contributed by atoms with Crippen LogP contribution in [0.2, 0.25) is 5.15 Å². The molecule has 0 fully saturated rings. The highest BCUT2D eigenvalue weighted by Gasteiger charge is 2.15. The molecular formula is C19H20ClN3O. The van der Waals surface area contributed by atoms with Crippen LogP contribution in [0.4, 0.5) is 0 Å². The summed E-state index contributed by atoms with van der Waals surface area (Å²) in [6, 6.07) is 5.68. The highest BCUT2D eigenvalue weighted by molar-refractivity contribution is 6.30. The zero-order valence-corrected chi connectivity index (χ0v) is 15.1. The Morgan fingerprint density at radius 1 is 1.21 bits per heavy atom. The Bertz CT molecular complexity index is 969. The Hall–Kier alpha value is -2.20. The van der Waals surface area contributed by atoms with Crippen LogP contribution in [-0.4, -0.2) is 14.5 Å². The van der Waals surface area contributed by atoms with Crippen molar-refractivity contribution in [3.8, 4) is 11.1 Å². The van der Waals surface area contributed by atoms with Crippen molar-refractivity contribution in [2.24, 2.45) is 7.05 Å². The zero-order chi connectivity index (χ0) is 17.4. The lowest BCUT2D eigenvalue weighted by Crippen LogP contribution is -2.20. The lowest BCUT2D eigenvalue weighted by Gasteiger charge is -2.14. The van der Waals surface area contributed by atoms with E-state index < -0.39 is 0 Å². The van der Waals surface area contributed by atoms with Crippen LogP contribution in [0, 0.1) is 13.8 Å². The van der Waals surface area contributed by atoms with Gasteiger partial charge >= 0.3 is 0 Å². The molecule has 0 unspecified atom stereocenters. The molecule has 0 saturated carbocycles. The molecule has 3 heterocycles. The molecule has 0 aliphatic rings. The predicted molar refractivity (Wildman–Crippen MR) is 98.7 cm³/mol. The summed E-state index contributed by atoms with van der Waals surface area (Å²) >= 11 is 5.96. The van der Waals surface area contributed by atoms with Crippen LogP contribution < -0.4 is 5.56 Å². The highest BCUT2D eigenvalue weighted by Crippen LogP contribution is 2.27. The first-order chi connectivity index (χ1) is 11.4. The summed E-state index contributed by atoms with van der Waals surface area (Å²) in [6.07, 6.45) is 3.69. The average molecular weight is 342 g/mol. The maximum Gasteiger partial charge on any atom is 0.258 e. The summed E-state index contributed by atoms with van der Waals surface area (Å²) in [7, 11) is 1.76. The second kappa shape index (κ2) is 6.36. The number of aromatic nitrogens is 3. The molecule has 0 aliphatic carbocycles. The quantitative estimate of drug-likeness (QED) is 0.670. The van der Waals surface area contributed by atoms with E-state index in [4.69, 9.17) is 11.6 Å². The zero-order valence-electron chi connectivity index (χ0n) is 14.4. The minimum atomic E-state index is -0.0546. The fraction of sp³-hybridized carbons (Fsp3) is 0.316. The number of hydrogen-bond donors (Lipinski definition) is 0. The molecule has 3 aromatic rings. The van der Waals surface area contributed by atoms with Crippen LogP contribution in [0.1, 0.15) is 30.3 Å². The molecule has 3 aromatic heterocycles. The number of hydrogen-bond acceptors (Lipinski definition) is 3. The first-order valence-electron chi connectivity index (χ1n) is 8.05. The van der Waals surface area contributed by atoms with Crippen molar-refractivity contribution in [2.75, 3.05) is 0 Å². The van der Waals surface area contributed by atoms with Gasteiger partial charge in [-0.15, -0.1) is 0 Å². The average Bonchev–Trinajstić information content (AvgIpc) is 2.52. The number of rotatable bonds is 3. The van der Waals surface area contributed by atoms with Crippen molar-refractivity contribution in [3.63, 3.8) is 0 Å². The van der Waals surface area contributed by atoms with Gasteiger partial charge in [-0.2, -0.15) is 0 Å². The first kappa shape index (κ1) is 16.7. The Morgan fingerprint density at radius 2 is 1.96 bits per heavy atom. The van der Waals surface area contributed by atoms with E-state index in [1.807, 2.05) is 19.9 Å². The summed E-state index contributed by atoms with van der Waals surface area (Å²) in [6.45, 7) is 6.13. The molecule has 124 valence electrons. The molecular weight excluding hydrogens is 322 g/mol. The van der Waals surface area contributed by atoms with Gasteiger partial charge in [-0.25, -0.2) is 4.98 Å². The van der Waals surface area contributed by atoms with Gasteiger partial charge in [0.25, 0.3) is 5.56 Å². The summed E-state index contributed by atoms with van der Waals surface area (Å²) in [5.41, 5.74) is 5.31. The van der Waals surface area contributed by atoms with Crippen LogP contribution >= 0.6 is 11.6 Å². The normalized spacial score (nSPS) is 11.2. The van der Waals surface area contributed by atoms with Crippen molar-refractivity contribution < 1.29 is 0 Å². The maximum atomic E-state index is 12.9. The number of nitrogens with zero attached hydrogens (tertiary/aromatic N) is 3. The van der Waals surface area contributed by atoms with Gasteiger partial charge in [0.15, 0.2) is 0 Å². The van der Waals surface area contributed by atoms with Gasteiger partial charge < -0.3 is 4.57 Å². The molecule has 0 amide bonds. The van der Waals surface area contributed by atoms with Crippen LogP contribution in [0.5, 0.6) is 0 Å². The number of halogens is 1. The number of aryl methyl sites for hydroxylation is 4. The predicted octanol–water partition coefficient (Wildman–Crippen LogP) is 4.22. The molecule has 5 heteroatoms. The van der Waals surface area contributed by atoms with Gasteiger partial charge in [0.05, 0.1) is 5.52 Å². The van der Waals surface area contributed by atoms with Crippen molar-refractivity contribution in [1.29, 1.82) is 0 Å². The van der Waals surface area contributed by atoms with E-state index in [2.05, 4.69) is 23.0 Å². The molecule has 24 heavy (non-hydrogen) atoms. The van der Waals surface area contributed by atoms with Gasteiger partial charge in [-0.1, -0.05) is 24.9 Å². The molecule has 0 aliphatic heterocycles. The molecule has 0 spiro atoms. The summed E-state index contributed by atoms with van der Waals surface area (Å²) in [5.74, 6) is 0. The van der Waals surface area contributed by atoms with Crippen LogP contribution in [0.3, 0.4) is 0 Å². The molecule has 4 nitrogen and oxygen atoms in total. The van der Waals surface area contributed by atoms with Crippen LogP contribution in [0.15, 0.2) is 29.2 Å². The Kier molecular flexibility index (Phi) is 4.41. The van der Waals surface area contributed by atoms with Crippen molar-refractivity contribution in [3.05, 3.63) is 56.9 Å². The molecule has 0 N–H and O–H groups in total. The summed E-state index contributed by atoms with van der Waals surface area (Å²) < 4.78 is 1.62. The fourth-order valence-electron chi connectivity index (χ4n) is 3.22. The topological polar surface area (TPSA) is 47.8 Å². The van der Waals surface area contributed by atoms with E-state index in [1.54, 1.807) is 23.9 Å². The highest BCUT2D eigenvalue weighted by atomic mass is 35.5. The van der Waals surface area contributed by atoms with Gasteiger partial charge in [0, 0.05) is 41.1 Å². The maximum absolute atomic E-state index is 12.9. The second-order valence-corrected chi connectivity index (χ2v) is 6.52. The number of fused-ring (bicyclic) bond motifs is 1. The standard InChI is InChI=1S/C19H20ClN3O/c1-5-6-14-7-11(2)18(12(3)22-14)15-8-13-10-21-17(20)9-16(13)23(4)19(15)24/h7-10H,5-6H2,1-4H3. The van der Waals surface area contributed by atoms with E-state index in [0.29, 0.717) is 10.7 Å². The van der Waals surface area contributed by atoms with E-state index >= 15 is 0 Å². The van der Waals surface area contributed by atoms with Crippen molar-refractivity contribution in [1.82, 2.24) is 14.5 Å². The minimum Gasteiger partial charge on any atom is -0.311 e. The third-order valence-corrected chi connectivity index (χ3v) is 4.51. The molecule has 0 bridgehead atoms. The largest absolute Gasteiger partial charge is 0.311 e. The molecule has 0 aromatic carbocycles. The molecule has 0 atom stereocenters. The van der Waals surface area contributed by atoms with Gasteiger partial charge in [-0.05, 0) is 44.0 Å². The van der Waals surface area contributed by atoms with E-state index in [-0.39, 0.29) is 5.56 Å². The lowest BCUT2D eigenvalue weighted by atomic mass is 9.98. The lowest BCUT2D eigenvalue weighted by molar-refractivity contribution is 0.870. The van der Waals surface area contributed by atoms with Gasteiger partial charge in [-0.3, -0.25) is 9.78 Å². The summed E-state index contributed by atoms with van der Waals surface area (Å²) in [5, 5.41) is 1.26. The Balaban J connectivity index is 2.29. The van der Waals surface area contributed by atoms with E-state index in [1.165, 1.54) is 0 Å². The fourth-order valence-corrected chi connectivity index (χ4v) is 3.37.